The summed E-state index contributed by atoms with van der Waals surface area (Å²) in [6.07, 6.45) is 0. The molecule has 1 rings (SSSR count). The van der Waals surface area contributed by atoms with E-state index in [0.717, 1.165) is 23.9 Å². The molecule has 0 aromatic heterocycles. The number of halogens is 2. The summed E-state index contributed by atoms with van der Waals surface area (Å²) >= 11 is 6.43. The minimum absolute atomic E-state index is 0.133. The first-order valence-corrected chi connectivity index (χ1v) is 5.29. The summed E-state index contributed by atoms with van der Waals surface area (Å²) in [7, 11) is 0. The van der Waals surface area contributed by atoms with Gasteiger partial charge in [0.05, 0.1) is 21.4 Å². The lowest BCUT2D eigenvalue weighted by Crippen LogP contribution is -1.94. The standard InChI is InChI=1S/C8H7ClFNO3S/c9-5-3-7(11(13)14)8(4-6(5)10)15-2-1-12/h3-4,12H,1-2H2. The lowest BCUT2D eigenvalue weighted by Gasteiger charge is -2.02. The number of nitro groups is 1. The minimum atomic E-state index is -0.706. The predicted octanol–water partition coefficient (Wildman–Crippen LogP) is 2.47. The summed E-state index contributed by atoms with van der Waals surface area (Å²) < 4.78 is 13.0. The lowest BCUT2D eigenvalue weighted by molar-refractivity contribution is -0.387. The van der Waals surface area contributed by atoms with Crippen molar-refractivity contribution in [1.29, 1.82) is 0 Å². The van der Waals surface area contributed by atoms with Crippen LogP contribution in [0, 0.1) is 15.9 Å². The first kappa shape index (κ1) is 12.2. The molecule has 15 heavy (non-hydrogen) atoms. The Morgan fingerprint density at radius 3 is 2.80 bits per heavy atom. The number of rotatable bonds is 4. The van der Waals surface area contributed by atoms with E-state index in [4.69, 9.17) is 16.7 Å². The number of aliphatic hydroxyl groups is 1. The number of benzene rings is 1. The van der Waals surface area contributed by atoms with Gasteiger partial charge in [0.2, 0.25) is 0 Å². The van der Waals surface area contributed by atoms with Gasteiger partial charge in [-0.05, 0) is 6.07 Å². The molecule has 0 saturated carbocycles. The third kappa shape index (κ3) is 3.05. The molecule has 1 N–H and O–H groups in total. The molecule has 82 valence electrons. The minimum Gasteiger partial charge on any atom is -0.396 e. The second kappa shape index (κ2) is 5.29. The summed E-state index contributed by atoms with van der Waals surface area (Å²) in [5.41, 5.74) is -0.250. The van der Waals surface area contributed by atoms with E-state index >= 15 is 0 Å². The molecule has 1 aromatic rings. The van der Waals surface area contributed by atoms with Crippen LogP contribution in [0.3, 0.4) is 0 Å². The molecule has 0 aliphatic heterocycles. The highest BCUT2D eigenvalue weighted by molar-refractivity contribution is 7.99. The molecule has 0 amide bonds. The van der Waals surface area contributed by atoms with Crippen molar-refractivity contribution < 1.29 is 14.4 Å². The van der Waals surface area contributed by atoms with Gasteiger partial charge in [-0.15, -0.1) is 11.8 Å². The van der Waals surface area contributed by atoms with Gasteiger partial charge in [0.25, 0.3) is 5.69 Å². The van der Waals surface area contributed by atoms with E-state index in [2.05, 4.69) is 0 Å². The maximum absolute atomic E-state index is 13.0. The van der Waals surface area contributed by atoms with Crippen LogP contribution in [0.15, 0.2) is 17.0 Å². The largest absolute Gasteiger partial charge is 0.396 e. The summed E-state index contributed by atoms with van der Waals surface area (Å²) in [5, 5.41) is 18.9. The molecule has 0 fully saturated rings. The van der Waals surface area contributed by atoms with Crippen molar-refractivity contribution in [3.8, 4) is 0 Å². The van der Waals surface area contributed by atoms with Crippen molar-refractivity contribution in [2.75, 3.05) is 12.4 Å². The van der Waals surface area contributed by atoms with Crippen molar-refractivity contribution >= 4 is 29.1 Å². The van der Waals surface area contributed by atoms with Crippen molar-refractivity contribution in [2.24, 2.45) is 0 Å². The fourth-order valence-corrected chi connectivity index (χ4v) is 1.87. The Hall–Kier alpha value is -0.850. The summed E-state index contributed by atoms with van der Waals surface area (Å²) in [5.74, 6) is -0.440. The zero-order chi connectivity index (χ0) is 11.4. The van der Waals surface area contributed by atoms with Crippen LogP contribution in [-0.4, -0.2) is 22.4 Å². The maximum Gasteiger partial charge on any atom is 0.284 e. The van der Waals surface area contributed by atoms with Gasteiger partial charge >= 0.3 is 0 Å². The third-order valence-electron chi connectivity index (χ3n) is 1.55. The molecule has 1 aromatic carbocycles. The molecule has 7 heteroatoms. The molecule has 0 atom stereocenters. The van der Waals surface area contributed by atoms with E-state index in [1.54, 1.807) is 0 Å². The zero-order valence-corrected chi connectivity index (χ0v) is 9.02. The van der Waals surface area contributed by atoms with Gasteiger partial charge in [-0.2, -0.15) is 0 Å². The topological polar surface area (TPSA) is 63.4 Å². The Bertz CT molecular complexity index is 388. The quantitative estimate of drug-likeness (QED) is 0.507. The van der Waals surface area contributed by atoms with Gasteiger partial charge < -0.3 is 5.11 Å². The van der Waals surface area contributed by atoms with E-state index in [1.807, 2.05) is 0 Å². The number of nitrogens with zero attached hydrogens (tertiary/aromatic N) is 1. The third-order valence-corrected chi connectivity index (χ3v) is 2.86. The van der Waals surface area contributed by atoms with Gasteiger partial charge in [0.15, 0.2) is 0 Å². The smallest absolute Gasteiger partial charge is 0.284 e. The fourth-order valence-electron chi connectivity index (χ4n) is 0.932. The highest BCUT2D eigenvalue weighted by Gasteiger charge is 2.17. The van der Waals surface area contributed by atoms with Gasteiger partial charge in [-0.25, -0.2) is 4.39 Å². The molecule has 0 aliphatic carbocycles. The van der Waals surface area contributed by atoms with E-state index in [-0.39, 0.29) is 28.0 Å². The predicted molar refractivity (Wildman–Crippen MR) is 55.9 cm³/mol. The number of hydrogen-bond donors (Lipinski definition) is 1. The van der Waals surface area contributed by atoms with Crippen LogP contribution < -0.4 is 0 Å². The van der Waals surface area contributed by atoms with Crippen molar-refractivity contribution in [3.05, 3.63) is 33.1 Å². The Morgan fingerprint density at radius 1 is 1.60 bits per heavy atom. The molecule has 0 spiro atoms. The van der Waals surface area contributed by atoms with Gasteiger partial charge in [0, 0.05) is 11.8 Å². The molecule has 0 bridgehead atoms. The first-order chi connectivity index (χ1) is 7.06. The van der Waals surface area contributed by atoms with E-state index in [1.165, 1.54) is 0 Å². The Morgan fingerprint density at radius 2 is 2.27 bits per heavy atom. The molecular formula is C8H7ClFNO3S. The van der Waals surface area contributed by atoms with Crippen molar-refractivity contribution in [3.63, 3.8) is 0 Å². The van der Waals surface area contributed by atoms with Crippen molar-refractivity contribution in [1.82, 2.24) is 0 Å². The second-order valence-electron chi connectivity index (χ2n) is 2.56. The van der Waals surface area contributed by atoms with E-state index < -0.39 is 10.7 Å². The average molecular weight is 252 g/mol. The van der Waals surface area contributed by atoms with Crippen LogP contribution in [0.4, 0.5) is 10.1 Å². The molecule has 0 saturated heterocycles. The lowest BCUT2D eigenvalue weighted by atomic mass is 10.3. The molecular weight excluding hydrogens is 245 g/mol. The molecule has 0 heterocycles. The SMILES string of the molecule is O=[N+]([O-])c1cc(Cl)c(F)cc1SCCO. The van der Waals surface area contributed by atoms with Crippen molar-refractivity contribution in [2.45, 2.75) is 4.90 Å². The van der Waals surface area contributed by atoms with Crippen LogP contribution in [0.25, 0.3) is 0 Å². The maximum atomic E-state index is 13.0. The summed E-state index contributed by atoms with van der Waals surface area (Å²) in [6, 6.07) is 1.97. The monoisotopic (exact) mass is 251 g/mol. The second-order valence-corrected chi connectivity index (χ2v) is 4.11. The summed E-state index contributed by atoms with van der Waals surface area (Å²) in [6.45, 7) is -0.133. The molecule has 0 unspecified atom stereocenters. The fraction of sp³-hybridized carbons (Fsp3) is 0.250. The Balaban J connectivity index is 3.10. The van der Waals surface area contributed by atoms with E-state index in [0.29, 0.717) is 0 Å². The number of nitro benzene ring substituents is 1. The highest BCUT2D eigenvalue weighted by Crippen LogP contribution is 2.33. The van der Waals surface area contributed by atoms with Crippen LogP contribution in [0.2, 0.25) is 5.02 Å². The average Bonchev–Trinajstić information content (AvgIpc) is 2.19. The van der Waals surface area contributed by atoms with Crippen LogP contribution in [-0.2, 0) is 0 Å². The number of aliphatic hydroxyl groups excluding tert-OH is 1. The molecule has 0 aliphatic rings. The van der Waals surface area contributed by atoms with Crippen LogP contribution in [0.5, 0.6) is 0 Å². The zero-order valence-electron chi connectivity index (χ0n) is 7.44. The van der Waals surface area contributed by atoms with Gasteiger partial charge in [-0.3, -0.25) is 10.1 Å². The van der Waals surface area contributed by atoms with E-state index in [9.17, 15) is 14.5 Å². The highest BCUT2D eigenvalue weighted by atomic mass is 35.5. The van der Waals surface area contributed by atoms with Crippen LogP contribution >= 0.6 is 23.4 Å². The Labute approximate surface area is 94.2 Å². The van der Waals surface area contributed by atoms with Gasteiger partial charge in [0.1, 0.15) is 5.82 Å². The molecule has 4 nitrogen and oxygen atoms in total. The number of thioether (sulfide) groups is 1. The first-order valence-electron chi connectivity index (χ1n) is 3.93. The van der Waals surface area contributed by atoms with Crippen LogP contribution in [0.1, 0.15) is 0 Å². The van der Waals surface area contributed by atoms with Gasteiger partial charge in [-0.1, -0.05) is 11.6 Å². The Kier molecular flexibility index (Phi) is 4.31. The number of hydrogen-bond acceptors (Lipinski definition) is 4. The normalized spacial score (nSPS) is 10.3. The molecule has 0 radical (unpaired) electrons. The summed E-state index contributed by atoms with van der Waals surface area (Å²) in [4.78, 5) is 10.1.